The van der Waals surface area contributed by atoms with Crippen molar-refractivity contribution in [1.29, 1.82) is 0 Å². The fraction of sp³-hybridized carbons (Fsp3) is 0.375. The first-order valence-electron chi connectivity index (χ1n) is 10.0. The first kappa shape index (κ1) is 17.5. The van der Waals surface area contributed by atoms with Gasteiger partial charge in [0.15, 0.2) is 0 Å². The van der Waals surface area contributed by atoms with Gasteiger partial charge in [-0.2, -0.15) is 0 Å². The van der Waals surface area contributed by atoms with Crippen LogP contribution in [0, 0.1) is 11.2 Å². The molecule has 28 heavy (non-hydrogen) atoms. The molecule has 2 aliphatic rings. The minimum atomic E-state index is -0.369. The van der Waals surface area contributed by atoms with Crippen LogP contribution in [0.2, 0.25) is 0 Å². The Balaban J connectivity index is 1.82. The number of fused-ring (bicyclic) bond motifs is 5. The van der Waals surface area contributed by atoms with E-state index in [4.69, 9.17) is 0 Å². The first-order chi connectivity index (χ1) is 13.4. The van der Waals surface area contributed by atoms with Crippen LogP contribution >= 0.6 is 0 Å². The molecule has 0 N–H and O–H groups in total. The molecule has 2 aliphatic carbocycles. The van der Waals surface area contributed by atoms with E-state index in [1.807, 2.05) is 22.9 Å². The number of hydrogen-bond donors (Lipinski definition) is 0. The second kappa shape index (κ2) is 5.69. The number of benzene rings is 2. The molecule has 0 aliphatic heterocycles. The monoisotopic (exact) mass is 376 g/mol. The van der Waals surface area contributed by atoms with Crippen molar-refractivity contribution in [3.63, 3.8) is 0 Å². The van der Waals surface area contributed by atoms with Crippen molar-refractivity contribution in [2.24, 2.45) is 5.41 Å². The fourth-order valence-corrected chi connectivity index (χ4v) is 5.66. The molecule has 3 aromatic rings. The van der Waals surface area contributed by atoms with Crippen LogP contribution in [0.15, 0.2) is 59.4 Å². The van der Waals surface area contributed by atoms with Gasteiger partial charge < -0.3 is 0 Å². The maximum atomic E-state index is 14.7. The third-order valence-electron chi connectivity index (χ3n) is 7.53. The van der Waals surface area contributed by atoms with Crippen LogP contribution in [0.5, 0.6) is 0 Å². The summed E-state index contributed by atoms with van der Waals surface area (Å²) in [4.78, 5) is 13.6. The number of aromatic nitrogens is 2. The van der Waals surface area contributed by atoms with Crippen LogP contribution in [-0.2, 0) is 12.0 Å². The number of halogens is 1. The average Bonchev–Trinajstić information content (AvgIpc) is 3.15. The number of rotatable bonds is 3. The summed E-state index contributed by atoms with van der Waals surface area (Å²) in [7, 11) is 0. The van der Waals surface area contributed by atoms with E-state index in [9.17, 15) is 9.18 Å². The molecule has 3 nitrogen and oxygen atoms in total. The molecular weight excluding hydrogens is 351 g/mol. The fourth-order valence-electron chi connectivity index (χ4n) is 5.66. The van der Waals surface area contributed by atoms with E-state index in [0.717, 1.165) is 29.7 Å². The van der Waals surface area contributed by atoms with Gasteiger partial charge in [-0.1, -0.05) is 63.2 Å². The first-order valence-corrected chi connectivity index (χ1v) is 10.0. The second-order valence-corrected chi connectivity index (χ2v) is 9.02. The Hall–Kier alpha value is -2.62. The minimum Gasteiger partial charge on any atom is -0.277 e. The van der Waals surface area contributed by atoms with Gasteiger partial charge in [0.2, 0.25) is 0 Å². The topological polar surface area (TPSA) is 26.9 Å². The van der Waals surface area contributed by atoms with Gasteiger partial charge in [-0.25, -0.2) is 9.07 Å². The highest BCUT2D eigenvalue weighted by molar-refractivity contribution is 5.48. The Morgan fingerprint density at radius 3 is 2.43 bits per heavy atom. The molecule has 4 heteroatoms. The molecule has 2 bridgehead atoms. The summed E-state index contributed by atoms with van der Waals surface area (Å²) in [6.07, 6.45) is 2.09. The predicted octanol–water partition coefficient (Wildman–Crippen LogP) is 5.00. The van der Waals surface area contributed by atoms with Gasteiger partial charge in [-0.3, -0.25) is 9.48 Å². The van der Waals surface area contributed by atoms with Gasteiger partial charge in [-0.15, -0.1) is 0 Å². The summed E-state index contributed by atoms with van der Waals surface area (Å²) in [6.45, 7) is 7.40. The van der Waals surface area contributed by atoms with Crippen LogP contribution in [0.1, 0.15) is 56.4 Å². The highest BCUT2D eigenvalue weighted by Gasteiger charge is 2.62. The lowest BCUT2D eigenvalue weighted by Gasteiger charge is -2.36. The molecule has 1 saturated carbocycles. The lowest BCUT2D eigenvalue weighted by atomic mass is 9.70. The van der Waals surface area contributed by atoms with Crippen molar-refractivity contribution < 1.29 is 4.39 Å². The van der Waals surface area contributed by atoms with E-state index >= 15 is 0 Å². The van der Waals surface area contributed by atoms with Gasteiger partial charge in [0.25, 0.3) is 5.56 Å². The summed E-state index contributed by atoms with van der Waals surface area (Å²) < 4.78 is 18.4. The van der Waals surface area contributed by atoms with Crippen LogP contribution in [0.25, 0.3) is 5.69 Å². The minimum absolute atomic E-state index is 0.0313. The van der Waals surface area contributed by atoms with E-state index in [1.54, 1.807) is 22.9 Å². The van der Waals surface area contributed by atoms with Crippen molar-refractivity contribution in [2.45, 2.75) is 51.5 Å². The molecule has 1 heterocycles. The molecule has 2 aromatic carbocycles. The molecule has 2 atom stereocenters. The SMILES string of the molecule is CC1(C)C2CC[C@]1(C)c1c2c(=O)n(-c2ccccc2F)n1Cc1ccccc1. The molecule has 1 unspecified atom stereocenters. The molecule has 144 valence electrons. The molecule has 0 radical (unpaired) electrons. The lowest BCUT2D eigenvalue weighted by Crippen LogP contribution is -2.36. The van der Waals surface area contributed by atoms with E-state index in [-0.39, 0.29) is 28.1 Å². The number of nitrogens with zero attached hydrogens (tertiary/aromatic N) is 2. The maximum Gasteiger partial charge on any atom is 0.275 e. The zero-order valence-electron chi connectivity index (χ0n) is 16.6. The highest BCUT2D eigenvalue weighted by Crippen LogP contribution is 2.67. The zero-order valence-corrected chi connectivity index (χ0v) is 16.6. The summed E-state index contributed by atoms with van der Waals surface area (Å²) in [5.41, 5.74) is 3.33. The van der Waals surface area contributed by atoms with Crippen molar-refractivity contribution in [3.05, 3.63) is 87.6 Å². The molecule has 1 fully saturated rings. The highest BCUT2D eigenvalue weighted by atomic mass is 19.1. The molecule has 0 spiro atoms. The normalized spacial score (nSPS) is 24.5. The number of para-hydroxylation sites is 1. The van der Waals surface area contributed by atoms with Crippen LogP contribution in [0.4, 0.5) is 4.39 Å². The van der Waals surface area contributed by atoms with Crippen molar-refractivity contribution in [2.75, 3.05) is 0 Å². The van der Waals surface area contributed by atoms with Crippen molar-refractivity contribution in [1.82, 2.24) is 9.36 Å². The summed E-state index contributed by atoms with van der Waals surface area (Å²) >= 11 is 0. The Morgan fingerprint density at radius 1 is 1.04 bits per heavy atom. The van der Waals surface area contributed by atoms with Crippen LogP contribution in [-0.4, -0.2) is 9.36 Å². The average molecular weight is 376 g/mol. The quantitative estimate of drug-likeness (QED) is 0.632. The van der Waals surface area contributed by atoms with Gasteiger partial charge >= 0.3 is 0 Å². The van der Waals surface area contributed by atoms with Crippen molar-refractivity contribution in [3.8, 4) is 5.69 Å². The maximum absolute atomic E-state index is 14.7. The van der Waals surface area contributed by atoms with Gasteiger partial charge in [-0.05, 0) is 41.9 Å². The van der Waals surface area contributed by atoms with E-state index < -0.39 is 0 Å². The second-order valence-electron chi connectivity index (χ2n) is 9.02. The standard InChI is InChI=1S/C24H25FN2O/c1-23(2)17-13-14-24(23,3)21-20(17)22(28)27(19-12-8-7-11-18(19)25)26(21)15-16-9-5-4-6-10-16/h4-12,17H,13-15H2,1-3H3/t17?,24-/m1/s1. The number of hydrogen-bond acceptors (Lipinski definition) is 1. The molecule has 1 aromatic heterocycles. The van der Waals surface area contributed by atoms with E-state index in [1.165, 1.54) is 6.07 Å². The Morgan fingerprint density at radius 2 is 1.71 bits per heavy atom. The predicted molar refractivity (Wildman–Crippen MR) is 109 cm³/mol. The smallest absolute Gasteiger partial charge is 0.275 e. The Bertz CT molecular complexity index is 1130. The summed E-state index contributed by atoms with van der Waals surface area (Å²) in [5.74, 6) is -0.137. The van der Waals surface area contributed by atoms with Crippen LogP contribution in [0.3, 0.4) is 0 Å². The molecule has 0 saturated heterocycles. The third kappa shape index (κ3) is 2.06. The lowest BCUT2D eigenvalue weighted by molar-refractivity contribution is 0.216. The molecule has 0 amide bonds. The van der Waals surface area contributed by atoms with Gasteiger partial charge in [0.05, 0.1) is 12.2 Å². The largest absolute Gasteiger partial charge is 0.277 e. The Kier molecular flexibility index (Phi) is 3.55. The van der Waals surface area contributed by atoms with E-state index in [0.29, 0.717) is 12.2 Å². The third-order valence-corrected chi connectivity index (χ3v) is 7.53. The van der Waals surface area contributed by atoms with Gasteiger partial charge in [0, 0.05) is 11.0 Å². The van der Waals surface area contributed by atoms with Crippen molar-refractivity contribution >= 4 is 0 Å². The molecule has 5 rings (SSSR count). The van der Waals surface area contributed by atoms with Crippen LogP contribution < -0.4 is 5.56 Å². The summed E-state index contributed by atoms with van der Waals surface area (Å²) in [6, 6.07) is 16.7. The summed E-state index contributed by atoms with van der Waals surface area (Å²) in [5, 5.41) is 0. The zero-order chi connectivity index (χ0) is 19.7. The van der Waals surface area contributed by atoms with E-state index in [2.05, 4.69) is 32.9 Å². The Labute approximate surface area is 164 Å². The van der Waals surface area contributed by atoms with Gasteiger partial charge in [0.1, 0.15) is 11.5 Å². The molecular formula is C24H25FN2O.